The molecule has 0 saturated carbocycles. The van der Waals surface area contributed by atoms with Crippen molar-refractivity contribution in [1.82, 2.24) is 4.90 Å². The topological polar surface area (TPSA) is 66.5 Å². The highest BCUT2D eigenvalue weighted by molar-refractivity contribution is 6.74. The van der Waals surface area contributed by atoms with E-state index in [9.17, 15) is 4.79 Å². The maximum Gasteiger partial charge on any atom is 0.411 e. The van der Waals surface area contributed by atoms with E-state index >= 15 is 0 Å². The summed E-state index contributed by atoms with van der Waals surface area (Å²) >= 11 is 0. The van der Waals surface area contributed by atoms with E-state index < -0.39 is 16.6 Å². The number of methoxy groups -OCH3 is 1. The minimum absolute atomic E-state index is 0.0382. The molecule has 0 aliphatic carbocycles. The zero-order valence-electron chi connectivity index (χ0n) is 28.8. The van der Waals surface area contributed by atoms with Crippen LogP contribution in [0.25, 0.3) is 0 Å². The van der Waals surface area contributed by atoms with Gasteiger partial charge in [0.25, 0.3) is 0 Å². The van der Waals surface area contributed by atoms with E-state index in [1.807, 2.05) is 29.2 Å². The summed E-state index contributed by atoms with van der Waals surface area (Å²) in [5, 5.41) is 0.263. The van der Waals surface area contributed by atoms with Crippen LogP contribution in [-0.4, -0.2) is 72.2 Å². The predicted molar refractivity (Wildman–Crippen MR) is 180 cm³/mol. The number of cyclic esters (lactones) is 1. The van der Waals surface area contributed by atoms with Gasteiger partial charge < -0.3 is 23.1 Å². The Morgan fingerprint density at radius 2 is 1.53 bits per heavy atom. The van der Waals surface area contributed by atoms with Gasteiger partial charge in [-0.2, -0.15) is 0 Å². The SMILES string of the molecule is COc1ccc(COCCCC[C@H](O[Si](C)(C)C(C)(C)C)[C@@H]2C=C[C@H]3[C@H](CCCO[Si](C)(C)C(C)(C)C)OC(=O)N32)cc1. The van der Waals surface area contributed by atoms with Crippen molar-refractivity contribution in [2.75, 3.05) is 20.3 Å². The molecule has 3 rings (SSSR count). The second kappa shape index (κ2) is 14.6. The van der Waals surface area contributed by atoms with Crippen molar-refractivity contribution >= 4 is 22.7 Å². The molecule has 2 heterocycles. The molecule has 7 nitrogen and oxygen atoms in total. The monoisotopic (exact) mass is 633 g/mol. The highest BCUT2D eigenvalue weighted by atomic mass is 28.4. The maximum atomic E-state index is 13.2. The van der Waals surface area contributed by atoms with Gasteiger partial charge in [0, 0.05) is 13.2 Å². The van der Waals surface area contributed by atoms with Crippen molar-refractivity contribution in [2.45, 2.75) is 141 Å². The average molecular weight is 634 g/mol. The third-order valence-corrected chi connectivity index (χ3v) is 19.0. The normalized spacial score (nSPS) is 21.7. The Hall–Kier alpha value is -1.66. The first-order valence-electron chi connectivity index (χ1n) is 16.2. The highest BCUT2D eigenvalue weighted by Crippen LogP contribution is 2.41. The molecule has 0 aromatic heterocycles. The second-order valence-corrected chi connectivity index (χ2v) is 24.8. The van der Waals surface area contributed by atoms with Crippen molar-refractivity contribution in [3.63, 3.8) is 0 Å². The highest BCUT2D eigenvalue weighted by Gasteiger charge is 2.50. The lowest BCUT2D eigenvalue weighted by Gasteiger charge is -2.42. The van der Waals surface area contributed by atoms with Crippen LogP contribution in [0.4, 0.5) is 4.79 Å². The Balaban J connectivity index is 1.56. The molecule has 1 fully saturated rings. The molecule has 0 bridgehead atoms. The second-order valence-electron chi connectivity index (χ2n) is 15.3. The predicted octanol–water partition coefficient (Wildman–Crippen LogP) is 8.70. The molecular weight excluding hydrogens is 575 g/mol. The van der Waals surface area contributed by atoms with Crippen LogP contribution < -0.4 is 4.74 Å². The lowest BCUT2D eigenvalue weighted by molar-refractivity contribution is 0.0812. The lowest BCUT2D eigenvalue weighted by Crippen LogP contribution is -2.51. The summed E-state index contributed by atoms with van der Waals surface area (Å²) in [6, 6.07) is 7.84. The van der Waals surface area contributed by atoms with Crippen molar-refractivity contribution in [3.8, 4) is 5.75 Å². The van der Waals surface area contributed by atoms with Crippen LogP contribution in [0.15, 0.2) is 36.4 Å². The first-order valence-corrected chi connectivity index (χ1v) is 22.0. The number of nitrogens with zero attached hydrogens (tertiary/aromatic N) is 1. The van der Waals surface area contributed by atoms with Gasteiger partial charge in [-0.05, 0) is 86.1 Å². The molecule has 9 heteroatoms. The van der Waals surface area contributed by atoms with Gasteiger partial charge in [-0.1, -0.05) is 65.8 Å². The third-order valence-electron chi connectivity index (χ3n) is 9.98. The standard InChI is InChI=1S/C34H59NO6Si2/c1-33(2,3)42(8,9)39-24-14-16-30-28-21-22-29(35(28)32(36)40-30)31(41-43(10,11)34(4,5)6)15-12-13-23-38-25-26-17-19-27(37-7)20-18-26/h17-22,28-31H,12-16,23-25H2,1-11H3/t28-,29-,30-,31-/m0/s1. The average Bonchev–Trinajstić information content (AvgIpc) is 3.48. The van der Waals surface area contributed by atoms with Crippen LogP contribution in [0.5, 0.6) is 5.75 Å². The first-order chi connectivity index (χ1) is 20.0. The van der Waals surface area contributed by atoms with E-state index in [-0.39, 0.29) is 40.5 Å². The number of benzene rings is 1. The summed E-state index contributed by atoms with van der Waals surface area (Å²) in [5.41, 5.74) is 1.13. The minimum Gasteiger partial charge on any atom is -0.497 e. The summed E-state index contributed by atoms with van der Waals surface area (Å²) < 4.78 is 30.5. The summed E-state index contributed by atoms with van der Waals surface area (Å²) in [6.07, 6.45) is 8.40. The Morgan fingerprint density at radius 1 is 0.884 bits per heavy atom. The van der Waals surface area contributed by atoms with Crippen LogP contribution in [0.3, 0.4) is 0 Å². The largest absolute Gasteiger partial charge is 0.497 e. The summed E-state index contributed by atoms with van der Waals surface area (Å²) in [5.74, 6) is 0.851. The van der Waals surface area contributed by atoms with E-state index in [1.165, 1.54) is 0 Å². The van der Waals surface area contributed by atoms with Crippen LogP contribution >= 0.6 is 0 Å². The van der Waals surface area contributed by atoms with Gasteiger partial charge in [0.15, 0.2) is 16.6 Å². The molecule has 2 aliphatic heterocycles. The number of ether oxygens (including phenoxy) is 3. The van der Waals surface area contributed by atoms with Crippen LogP contribution in [0, 0.1) is 0 Å². The quantitative estimate of drug-likeness (QED) is 0.103. The molecule has 0 unspecified atom stereocenters. The number of unbranched alkanes of at least 4 members (excludes halogenated alkanes) is 1. The van der Waals surface area contributed by atoms with Gasteiger partial charge in [-0.15, -0.1) is 0 Å². The van der Waals surface area contributed by atoms with Crippen molar-refractivity contribution in [2.24, 2.45) is 0 Å². The molecule has 1 aromatic carbocycles. The molecule has 1 amide bonds. The van der Waals surface area contributed by atoms with Gasteiger partial charge >= 0.3 is 6.09 Å². The molecule has 0 N–H and O–H groups in total. The van der Waals surface area contributed by atoms with Crippen LogP contribution in [-0.2, 0) is 24.9 Å². The Kier molecular flexibility index (Phi) is 12.2. The number of carbonyl (C=O) groups excluding carboxylic acids is 1. The van der Waals surface area contributed by atoms with Gasteiger partial charge in [0.2, 0.25) is 0 Å². The Morgan fingerprint density at radius 3 is 2.14 bits per heavy atom. The number of hydrogen-bond acceptors (Lipinski definition) is 6. The molecule has 4 atom stereocenters. The number of amides is 1. The van der Waals surface area contributed by atoms with E-state index in [1.54, 1.807) is 7.11 Å². The van der Waals surface area contributed by atoms with E-state index in [0.717, 1.165) is 43.4 Å². The van der Waals surface area contributed by atoms with Crippen molar-refractivity contribution in [3.05, 3.63) is 42.0 Å². The number of rotatable bonds is 16. The van der Waals surface area contributed by atoms with Gasteiger partial charge in [-0.25, -0.2) is 4.79 Å². The zero-order valence-corrected chi connectivity index (χ0v) is 30.8. The minimum atomic E-state index is -2.07. The molecule has 1 aromatic rings. The van der Waals surface area contributed by atoms with Crippen LogP contribution in [0.2, 0.25) is 36.3 Å². The Bertz CT molecular complexity index is 1060. The maximum absolute atomic E-state index is 13.2. The molecule has 1 saturated heterocycles. The molecule has 0 spiro atoms. The summed E-state index contributed by atoms with van der Waals surface area (Å²) in [4.78, 5) is 15.2. The lowest BCUT2D eigenvalue weighted by atomic mass is 10.0. The van der Waals surface area contributed by atoms with E-state index in [2.05, 4.69) is 79.9 Å². The number of hydrogen-bond donors (Lipinski definition) is 0. The summed E-state index contributed by atoms with van der Waals surface area (Å²) in [6.45, 7) is 24.7. The molecular formula is C34H59NO6Si2. The molecule has 2 aliphatic rings. The molecule has 43 heavy (non-hydrogen) atoms. The van der Waals surface area contributed by atoms with Crippen molar-refractivity contribution in [1.29, 1.82) is 0 Å². The fraction of sp³-hybridized carbons (Fsp3) is 0.735. The van der Waals surface area contributed by atoms with Gasteiger partial charge in [0.05, 0.1) is 31.9 Å². The van der Waals surface area contributed by atoms with E-state index in [4.69, 9.17) is 23.1 Å². The third kappa shape index (κ3) is 9.42. The molecule has 244 valence electrons. The Labute approximate surface area is 263 Å². The first kappa shape index (κ1) is 35.8. The van der Waals surface area contributed by atoms with Gasteiger partial charge in [-0.3, -0.25) is 4.90 Å². The van der Waals surface area contributed by atoms with E-state index in [0.29, 0.717) is 19.8 Å². The van der Waals surface area contributed by atoms with Crippen molar-refractivity contribution < 1.29 is 27.9 Å². The zero-order chi connectivity index (χ0) is 32.1. The fourth-order valence-electron chi connectivity index (χ4n) is 5.10. The van der Waals surface area contributed by atoms with Gasteiger partial charge in [0.1, 0.15) is 11.9 Å². The molecule has 0 radical (unpaired) electrons. The number of fused-ring (bicyclic) bond motifs is 1. The smallest absolute Gasteiger partial charge is 0.411 e. The number of carbonyl (C=O) groups is 1. The summed E-state index contributed by atoms with van der Waals surface area (Å²) in [7, 11) is -2.19. The fourth-order valence-corrected chi connectivity index (χ4v) is 7.55. The van der Waals surface area contributed by atoms with Crippen LogP contribution in [0.1, 0.15) is 79.2 Å².